The summed E-state index contributed by atoms with van der Waals surface area (Å²) in [7, 11) is 0. The second kappa shape index (κ2) is 3.91. The molecule has 0 aromatic heterocycles. The quantitative estimate of drug-likeness (QED) is 0.382. The van der Waals surface area contributed by atoms with Crippen LogP contribution in [0.1, 0.15) is 20.8 Å². The van der Waals surface area contributed by atoms with E-state index in [1.807, 2.05) is 0 Å². The summed E-state index contributed by atoms with van der Waals surface area (Å²) in [5, 5.41) is 11.3. The molecule has 0 rings (SSSR count). The standard InChI is InChI=1S/C8H13NO2/c1-5(2)7(9-11)8(10)6(3)4/h6,11H,1H2,2-4H3/b9-7+. The average Bonchev–Trinajstić information content (AvgIpc) is 1.88. The highest BCUT2D eigenvalue weighted by Crippen LogP contribution is 2.02. The molecule has 0 radical (unpaired) electrons. The van der Waals surface area contributed by atoms with Gasteiger partial charge >= 0.3 is 0 Å². The minimum absolute atomic E-state index is 0.0694. The Hall–Kier alpha value is -1.12. The van der Waals surface area contributed by atoms with Crippen molar-refractivity contribution >= 4 is 11.5 Å². The van der Waals surface area contributed by atoms with E-state index in [-0.39, 0.29) is 17.4 Å². The lowest BCUT2D eigenvalue weighted by Crippen LogP contribution is -2.20. The van der Waals surface area contributed by atoms with E-state index in [9.17, 15) is 4.79 Å². The van der Waals surface area contributed by atoms with E-state index >= 15 is 0 Å². The molecule has 0 bridgehead atoms. The summed E-state index contributed by atoms with van der Waals surface area (Å²) in [5.41, 5.74) is 0.561. The molecule has 0 aliphatic rings. The first kappa shape index (κ1) is 9.88. The van der Waals surface area contributed by atoms with Gasteiger partial charge in [0.2, 0.25) is 0 Å². The van der Waals surface area contributed by atoms with Crippen molar-refractivity contribution < 1.29 is 10.0 Å². The van der Waals surface area contributed by atoms with Gasteiger partial charge < -0.3 is 5.21 Å². The van der Waals surface area contributed by atoms with Crippen LogP contribution in [0.4, 0.5) is 0 Å². The SMILES string of the molecule is C=C(C)/C(=N\O)C(=O)C(C)C. The molecule has 0 amide bonds. The zero-order valence-corrected chi connectivity index (χ0v) is 7.09. The number of hydrogen-bond acceptors (Lipinski definition) is 3. The maximum absolute atomic E-state index is 11.2. The Morgan fingerprint density at radius 2 is 2.00 bits per heavy atom. The highest BCUT2D eigenvalue weighted by Gasteiger charge is 2.15. The lowest BCUT2D eigenvalue weighted by molar-refractivity contribution is -0.115. The van der Waals surface area contributed by atoms with Gasteiger partial charge in [-0.05, 0) is 12.5 Å². The van der Waals surface area contributed by atoms with E-state index in [4.69, 9.17) is 5.21 Å². The molecule has 62 valence electrons. The molecule has 0 fully saturated rings. The monoisotopic (exact) mass is 155 g/mol. The zero-order chi connectivity index (χ0) is 9.02. The Kier molecular flexibility index (Phi) is 3.51. The fraction of sp³-hybridized carbons (Fsp3) is 0.500. The maximum atomic E-state index is 11.2. The molecule has 0 aromatic carbocycles. The number of allylic oxidation sites excluding steroid dienone is 1. The number of carbonyl (C=O) groups is 1. The second-order valence-corrected chi connectivity index (χ2v) is 2.75. The van der Waals surface area contributed by atoms with Crippen LogP contribution < -0.4 is 0 Å². The van der Waals surface area contributed by atoms with Crippen molar-refractivity contribution in [3.8, 4) is 0 Å². The Morgan fingerprint density at radius 3 is 2.09 bits per heavy atom. The molecule has 11 heavy (non-hydrogen) atoms. The fourth-order valence-electron chi connectivity index (χ4n) is 0.618. The first-order chi connectivity index (χ1) is 5.00. The molecule has 0 heterocycles. The van der Waals surface area contributed by atoms with Crippen molar-refractivity contribution in [1.82, 2.24) is 0 Å². The van der Waals surface area contributed by atoms with Crippen LogP contribution in [0.3, 0.4) is 0 Å². The summed E-state index contributed by atoms with van der Waals surface area (Å²) < 4.78 is 0. The number of nitrogens with zero attached hydrogens (tertiary/aromatic N) is 1. The van der Waals surface area contributed by atoms with Crippen LogP contribution in [0, 0.1) is 5.92 Å². The lowest BCUT2D eigenvalue weighted by atomic mass is 10.0. The predicted molar refractivity (Wildman–Crippen MR) is 43.9 cm³/mol. The summed E-state index contributed by atoms with van der Waals surface area (Å²) in [6.45, 7) is 8.65. The van der Waals surface area contributed by atoms with Crippen molar-refractivity contribution in [2.75, 3.05) is 0 Å². The van der Waals surface area contributed by atoms with Gasteiger partial charge in [-0.2, -0.15) is 0 Å². The van der Waals surface area contributed by atoms with Crippen molar-refractivity contribution in [2.24, 2.45) is 11.1 Å². The predicted octanol–water partition coefficient (Wildman–Crippen LogP) is 1.62. The molecule has 0 atom stereocenters. The normalized spacial score (nSPS) is 11.8. The molecule has 3 heteroatoms. The van der Waals surface area contributed by atoms with Gasteiger partial charge in [0.05, 0.1) is 0 Å². The molecule has 0 spiro atoms. The molecule has 0 aliphatic carbocycles. The third-order valence-electron chi connectivity index (χ3n) is 1.26. The van der Waals surface area contributed by atoms with Gasteiger partial charge in [-0.1, -0.05) is 25.6 Å². The van der Waals surface area contributed by atoms with Crippen LogP contribution in [-0.2, 0) is 4.79 Å². The van der Waals surface area contributed by atoms with Crippen molar-refractivity contribution in [3.05, 3.63) is 12.2 Å². The van der Waals surface area contributed by atoms with E-state index in [1.165, 1.54) is 0 Å². The summed E-state index contributed by atoms with van der Waals surface area (Å²) in [6, 6.07) is 0. The number of carbonyl (C=O) groups excluding carboxylic acids is 1. The molecule has 0 saturated carbocycles. The van der Waals surface area contributed by atoms with Gasteiger partial charge in [0.15, 0.2) is 5.78 Å². The molecule has 0 saturated heterocycles. The highest BCUT2D eigenvalue weighted by atomic mass is 16.4. The van der Waals surface area contributed by atoms with Crippen LogP contribution in [-0.4, -0.2) is 16.7 Å². The van der Waals surface area contributed by atoms with Crippen LogP contribution >= 0.6 is 0 Å². The third-order valence-corrected chi connectivity index (χ3v) is 1.26. The molecule has 1 N–H and O–H groups in total. The minimum Gasteiger partial charge on any atom is -0.410 e. The molecule has 3 nitrogen and oxygen atoms in total. The van der Waals surface area contributed by atoms with Crippen LogP contribution in [0.5, 0.6) is 0 Å². The minimum atomic E-state index is -0.181. The summed E-state index contributed by atoms with van der Waals surface area (Å²) in [4.78, 5) is 11.2. The Balaban J connectivity index is 4.55. The molecule has 0 aromatic rings. The highest BCUT2D eigenvalue weighted by molar-refractivity contribution is 6.46. The van der Waals surface area contributed by atoms with Gasteiger partial charge in [-0.25, -0.2) is 0 Å². The van der Waals surface area contributed by atoms with E-state index in [2.05, 4.69) is 11.7 Å². The molecular formula is C8H13NO2. The van der Waals surface area contributed by atoms with Gasteiger partial charge in [0, 0.05) is 5.92 Å². The first-order valence-electron chi connectivity index (χ1n) is 3.42. The Bertz CT molecular complexity index is 204. The first-order valence-corrected chi connectivity index (χ1v) is 3.42. The number of rotatable bonds is 3. The molecular weight excluding hydrogens is 142 g/mol. The number of oxime groups is 1. The Labute approximate surface area is 66.4 Å². The van der Waals surface area contributed by atoms with Gasteiger partial charge in [-0.3, -0.25) is 4.79 Å². The van der Waals surface area contributed by atoms with Crippen LogP contribution in [0.15, 0.2) is 17.3 Å². The largest absolute Gasteiger partial charge is 0.410 e. The van der Waals surface area contributed by atoms with Crippen molar-refractivity contribution in [1.29, 1.82) is 0 Å². The lowest BCUT2D eigenvalue weighted by Gasteiger charge is -2.04. The van der Waals surface area contributed by atoms with Gasteiger partial charge in [0.1, 0.15) is 5.71 Å². The van der Waals surface area contributed by atoms with Crippen molar-refractivity contribution in [3.63, 3.8) is 0 Å². The average molecular weight is 155 g/mol. The maximum Gasteiger partial charge on any atom is 0.187 e. The third kappa shape index (κ3) is 2.53. The number of ketones is 1. The smallest absolute Gasteiger partial charge is 0.187 e. The second-order valence-electron chi connectivity index (χ2n) is 2.75. The van der Waals surface area contributed by atoms with Crippen LogP contribution in [0.25, 0.3) is 0 Å². The van der Waals surface area contributed by atoms with Crippen molar-refractivity contribution in [2.45, 2.75) is 20.8 Å². The van der Waals surface area contributed by atoms with Crippen LogP contribution in [0.2, 0.25) is 0 Å². The topological polar surface area (TPSA) is 49.7 Å². The number of hydrogen-bond donors (Lipinski definition) is 1. The number of Topliss-reactive ketones (excluding diaryl/α,β-unsaturated/α-hetero) is 1. The summed E-state index contributed by atoms with van der Waals surface area (Å²) in [6.07, 6.45) is 0. The van der Waals surface area contributed by atoms with E-state index in [0.29, 0.717) is 5.57 Å². The van der Waals surface area contributed by atoms with E-state index in [0.717, 1.165) is 0 Å². The van der Waals surface area contributed by atoms with E-state index < -0.39 is 0 Å². The summed E-state index contributed by atoms with van der Waals surface area (Å²) in [5.74, 6) is -0.336. The summed E-state index contributed by atoms with van der Waals surface area (Å²) >= 11 is 0. The van der Waals surface area contributed by atoms with Gasteiger partial charge in [-0.15, -0.1) is 0 Å². The zero-order valence-electron chi connectivity index (χ0n) is 7.09. The fourth-order valence-corrected chi connectivity index (χ4v) is 0.618. The molecule has 0 unspecified atom stereocenters. The molecule has 0 aliphatic heterocycles. The van der Waals surface area contributed by atoms with E-state index in [1.54, 1.807) is 20.8 Å². The van der Waals surface area contributed by atoms with Gasteiger partial charge in [0.25, 0.3) is 0 Å². The Morgan fingerprint density at radius 1 is 1.55 bits per heavy atom.